The number of methoxy groups -OCH3 is 1. The highest BCUT2D eigenvalue weighted by Gasteiger charge is 2.26. The zero-order valence-corrected chi connectivity index (χ0v) is 18.0. The van der Waals surface area contributed by atoms with E-state index in [1.165, 1.54) is 30.2 Å². The van der Waals surface area contributed by atoms with Gasteiger partial charge in [-0.3, -0.25) is 4.90 Å². The first-order chi connectivity index (χ1) is 12.9. The number of pyridine rings is 1. The topological polar surface area (TPSA) is 51.7 Å². The molecule has 0 spiro atoms. The fraction of sp³-hybridized carbons (Fsp3) is 0.429. The van der Waals surface area contributed by atoms with Crippen molar-refractivity contribution < 1.29 is 18.7 Å². The highest BCUT2D eigenvalue weighted by atomic mass is 35.5. The van der Waals surface area contributed by atoms with Crippen molar-refractivity contribution in [1.82, 2.24) is 4.98 Å². The average Bonchev–Trinajstić information content (AvgIpc) is 2.60. The molecule has 28 heavy (non-hydrogen) atoms. The molecule has 2 rings (SSSR count). The van der Waals surface area contributed by atoms with Gasteiger partial charge in [0.15, 0.2) is 0 Å². The van der Waals surface area contributed by atoms with Gasteiger partial charge in [-0.25, -0.2) is 14.2 Å². The molecule has 5 nitrogen and oxygen atoms in total. The maximum Gasteiger partial charge on any atom is 0.414 e. The lowest BCUT2D eigenvalue weighted by atomic mass is 10.0. The van der Waals surface area contributed by atoms with Gasteiger partial charge in [0.1, 0.15) is 11.4 Å². The number of carbonyl (C=O) groups is 1. The Bertz CT molecular complexity index is 879. The lowest BCUT2D eigenvalue weighted by Gasteiger charge is -2.27. The third kappa shape index (κ3) is 4.93. The van der Waals surface area contributed by atoms with E-state index in [9.17, 15) is 9.18 Å². The maximum atomic E-state index is 14.5. The number of anilines is 1. The third-order valence-corrected chi connectivity index (χ3v) is 4.22. The van der Waals surface area contributed by atoms with Crippen LogP contribution in [0.5, 0.6) is 5.88 Å². The number of hydrogen-bond acceptors (Lipinski definition) is 4. The minimum Gasteiger partial charge on any atom is -0.481 e. The number of amides is 1. The van der Waals surface area contributed by atoms with E-state index in [0.29, 0.717) is 22.0 Å². The zero-order chi connectivity index (χ0) is 21.2. The molecule has 1 heterocycles. The van der Waals surface area contributed by atoms with Crippen LogP contribution in [0.1, 0.15) is 46.2 Å². The van der Waals surface area contributed by atoms with Gasteiger partial charge in [0.2, 0.25) is 5.88 Å². The Morgan fingerprint density at radius 3 is 2.39 bits per heavy atom. The number of halogens is 2. The Morgan fingerprint density at radius 1 is 1.21 bits per heavy atom. The van der Waals surface area contributed by atoms with Crippen LogP contribution in [0.2, 0.25) is 5.02 Å². The van der Waals surface area contributed by atoms with E-state index in [2.05, 4.69) is 4.98 Å². The minimum atomic E-state index is -0.648. The monoisotopic (exact) mass is 408 g/mol. The summed E-state index contributed by atoms with van der Waals surface area (Å²) in [5, 5.41) is 0.383. The SMILES string of the molecule is COc1nc(C(C)C)c(N(C)C(=O)OC(C)(C)C)cc1-c1cc(Cl)ccc1F. The Labute approximate surface area is 170 Å². The molecule has 1 aromatic heterocycles. The van der Waals surface area contributed by atoms with Crippen molar-refractivity contribution in [1.29, 1.82) is 0 Å². The fourth-order valence-electron chi connectivity index (χ4n) is 2.67. The van der Waals surface area contributed by atoms with Gasteiger partial charge in [-0.05, 0) is 51.0 Å². The van der Waals surface area contributed by atoms with E-state index in [-0.39, 0.29) is 17.4 Å². The number of ether oxygens (including phenoxy) is 2. The molecule has 0 atom stereocenters. The van der Waals surface area contributed by atoms with Crippen molar-refractivity contribution in [3.8, 4) is 17.0 Å². The molecule has 0 fully saturated rings. The van der Waals surface area contributed by atoms with Crippen LogP contribution in [0.15, 0.2) is 24.3 Å². The molecule has 1 amide bonds. The van der Waals surface area contributed by atoms with Crippen LogP contribution in [0, 0.1) is 5.82 Å². The van der Waals surface area contributed by atoms with Crippen LogP contribution in [-0.4, -0.2) is 30.8 Å². The van der Waals surface area contributed by atoms with Gasteiger partial charge in [0, 0.05) is 23.2 Å². The second kappa shape index (κ2) is 8.35. The third-order valence-electron chi connectivity index (χ3n) is 3.98. The second-order valence-corrected chi connectivity index (χ2v) is 8.20. The van der Waals surface area contributed by atoms with Crippen molar-refractivity contribution in [2.24, 2.45) is 0 Å². The van der Waals surface area contributed by atoms with Crippen LogP contribution in [0.4, 0.5) is 14.9 Å². The molecule has 7 heteroatoms. The van der Waals surface area contributed by atoms with Gasteiger partial charge in [0.25, 0.3) is 0 Å². The van der Waals surface area contributed by atoms with E-state index in [0.717, 1.165) is 0 Å². The molecule has 0 unspecified atom stereocenters. The first-order valence-electron chi connectivity index (χ1n) is 8.95. The van der Waals surface area contributed by atoms with Crippen LogP contribution in [0.3, 0.4) is 0 Å². The summed E-state index contributed by atoms with van der Waals surface area (Å²) in [4.78, 5) is 18.5. The van der Waals surface area contributed by atoms with E-state index in [1.54, 1.807) is 33.9 Å². The van der Waals surface area contributed by atoms with Crippen molar-refractivity contribution >= 4 is 23.4 Å². The summed E-state index contributed by atoms with van der Waals surface area (Å²) in [5.41, 5.74) is 1.14. The number of hydrogen-bond donors (Lipinski definition) is 0. The molecule has 2 aromatic rings. The highest BCUT2D eigenvalue weighted by molar-refractivity contribution is 6.30. The number of aromatic nitrogens is 1. The molecular formula is C21H26ClFN2O3. The Morgan fingerprint density at radius 2 is 1.86 bits per heavy atom. The van der Waals surface area contributed by atoms with Crippen LogP contribution in [-0.2, 0) is 4.74 Å². The van der Waals surface area contributed by atoms with Crippen LogP contribution < -0.4 is 9.64 Å². The number of benzene rings is 1. The predicted octanol–water partition coefficient (Wildman–Crippen LogP) is 6.04. The van der Waals surface area contributed by atoms with Crippen molar-refractivity contribution in [3.05, 3.63) is 40.8 Å². The van der Waals surface area contributed by atoms with E-state index in [1.807, 2.05) is 13.8 Å². The Balaban J connectivity index is 2.67. The van der Waals surface area contributed by atoms with Crippen molar-refractivity contribution in [2.45, 2.75) is 46.1 Å². The van der Waals surface area contributed by atoms with Gasteiger partial charge in [-0.2, -0.15) is 0 Å². The average molecular weight is 409 g/mol. The molecule has 1 aromatic carbocycles. The lowest BCUT2D eigenvalue weighted by Crippen LogP contribution is -2.35. The number of rotatable bonds is 4. The van der Waals surface area contributed by atoms with E-state index >= 15 is 0 Å². The minimum absolute atomic E-state index is 0.00737. The summed E-state index contributed by atoms with van der Waals surface area (Å²) in [5.74, 6) is -0.217. The largest absolute Gasteiger partial charge is 0.481 e. The van der Waals surface area contributed by atoms with Crippen LogP contribution >= 0.6 is 11.6 Å². The summed E-state index contributed by atoms with van der Waals surface area (Å²) in [7, 11) is 3.07. The van der Waals surface area contributed by atoms with Gasteiger partial charge < -0.3 is 9.47 Å². The van der Waals surface area contributed by atoms with Crippen molar-refractivity contribution in [3.63, 3.8) is 0 Å². The van der Waals surface area contributed by atoms with Crippen molar-refractivity contribution in [2.75, 3.05) is 19.1 Å². The number of carbonyl (C=O) groups excluding carboxylic acids is 1. The Hall–Kier alpha value is -2.34. The van der Waals surface area contributed by atoms with Crippen LogP contribution in [0.25, 0.3) is 11.1 Å². The van der Waals surface area contributed by atoms with Gasteiger partial charge >= 0.3 is 6.09 Å². The molecule has 0 radical (unpaired) electrons. The molecule has 0 saturated carbocycles. The summed E-state index contributed by atoms with van der Waals surface area (Å²) in [6.07, 6.45) is -0.529. The second-order valence-electron chi connectivity index (χ2n) is 7.77. The first kappa shape index (κ1) is 22.0. The van der Waals surface area contributed by atoms with Gasteiger partial charge in [-0.15, -0.1) is 0 Å². The molecule has 0 bridgehead atoms. The summed E-state index contributed by atoms with van der Waals surface area (Å²) in [6, 6.07) is 5.93. The normalized spacial score (nSPS) is 11.5. The van der Waals surface area contributed by atoms with Gasteiger partial charge in [-0.1, -0.05) is 25.4 Å². The zero-order valence-electron chi connectivity index (χ0n) is 17.3. The Kier molecular flexibility index (Phi) is 6.55. The summed E-state index contributed by atoms with van der Waals surface area (Å²) < 4.78 is 25.4. The smallest absolute Gasteiger partial charge is 0.414 e. The summed E-state index contributed by atoms with van der Waals surface area (Å²) >= 11 is 6.06. The summed E-state index contributed by atoms with van der Waals surface area (Å²) in [6.45, 7) is 9.28. The number of nitrogens with zero attached hydrogens (tertiary/aromatic N) is 2. The molecule has 0 aliphatic rings. The van der Waals surface area contributed by atoms with E-state index in [4.69, 9.17) is 21.1 Å². The molecular weight excluding hydrogens is 383 g/mol. The molecule has 0 N–H and O–H groups in total. The maximum absolute atomic E-state index is 14.5. The molecule has 0 aliphatic heterocycles. The van der Waals surface area contributed by atoms with E-state index < -0.39 is 17.5 Å². The fourth-order valence-corrected chi connectivity index (χ4v) is 2.85. The quantitative estimate of drug-likeness (QED) is 0.618. The molecule has 0 saturated heterocycles. The first-order valence-corrected chi connectivity index (χ1v) is 9.33. The predicted molar refractivity (Wildman–Crippen MR) is 110 cm³/mol. The standard InChI is InChI=1S/C21H26ClFN2O3/c1-12(2)18-17(25(6)20(26)28-21(3,4)5)11-15(19(24-18)27-7)14-10-13(22)8-9-16(14)23/h8-12H,1-7H3. The molecule has 0 aliphatic carbocycles. The molecule has 152 valence electrons. The highest BCUT2D eigenvalue weighted by Crippen LogP contribution is 2.38. The lowest BCUT2D eigenvalue weighted by molar-refractivity contribution is 0.0589. The van der Waals surface area contributed by atoms with Gasteiger partial charge in [0.05, 0.1) is 18.5 Å².